The number of rotatable bonds is 0. The maximum Gasteiger partial charge on any atom is 2.00 e. The van der Waals surface area contributed by atoms with E-state index in [0.717, 1.165) is 0 Å². The fourth-order valence-electron chi connectivity index (χ4n) is 1.39. The number of hydrogen-bond acceptors (Lipinski definition) is 0. The first-order chi connectivity index (χ1) is 6.97. The smallest absolute Gasteiger partial charge is 0.214 e. The van der Waals surface area contributed by atoms with E-state index in [-0.39, 0.29) is 21.7 Å². The van der Waals surface area contributed by atoms with Crippen LogP contribution in [0.5, 0.6) is 0 Å². The quantitative estimate of drug-likeness (QED) is 0.403. The molecule has 72 valence electrons. The summed E-state index contributed by atoms with van der Waals surface area (Å²) < 4.78 is 0. The molecule has 0 amide bonds. The fraction of sp³-hybridized carbons (Fsp3) is 0. The number of fused-ring (bicyclic) bond motifs is 1. The third-order valence-electron chi connectivity index (χ3n) is 2.10. The minimum absolute atomic E-state index is 0. The van der Waals surface area contributed by atoms with Crippen LogP contribution >= 0.6 is 0 Å². The van der Waals surface area contributed by atoms with Crippen LogP contribution in [0.15, 0.2) is 72.8 Å². The third kappa shape index (κ3) is 3.51. The molecule has 0 heterocycles. The van der Waals surface area contributed by atoms with Gasteiger partial charge in [-0.25, -0.2) is 12.1 Å². The van der Waals surface area contributed by atoms with Crippen LogP contribution in [0.3, 0.4) is 0 Å². The molecule has 0 aliphatic carbocycles. The van der Waals surface area contributed by atoms with Crippen LogP contribution in [-0.4, -0.2) is 0 Å². The standard InChI is InChI=1S/C9H7.C5H5.Ti/c1-2-5-9-7-3-6-8(9)4-1;1-2-4-5-3-1;/h1-7H;1-5H;/q2*-1;+2. The maximum absolute atomic E-state index is 2.12. The van der Waals surface area contributed by atoms with Crippen molar-refractivity contribution in [2.45, 2.75) is 0 Å². The molecular weight excluding hydrogens is 216 g/mol. The van der Waals surface area contributed by atoms with Gasteiger partial charge in [0.2, 0.25) is 0 Å². The van der Waals surface area contributed by atoms with Crippen molar-refractivity contribution in [3.05, 3.63) is 72.8 Å². The molecule has 0 aromatic heterocycles. The molecule has 15 heavy (non-hydrogen) atoms. The molecule has 0 unspecified atom stereocenters. The van der Waals surface area contributed by atoms with E-state index in [1.807, 2.05) is 30.3 Å². The van der Waals surface area contributed by atoms with E-state index in [2.05, 4.69) is 42.5 Å². The summed E-state index contributed by atoms with van der Waals surface area (Å²) in [6.07, 6.45) is 0. The summed E-state index contributed by atoms with van der Waals surface area (Å²) in [5, 5.41) is 2.66. The average molecular weight is 228 g/mol. The Labute approximate surface area is 105 Å². The second-order valence-electron chi connectivity index (χ2n) is 3.12. The van der Waals surface area contributed by atoms with Crippen molar-refractivity contribution in [1.82, 2.24) is 0 Å². The van der Waals surface area contributed by atoms with Crippen LogP contribution in [0, 0.1) is 0 Å². The van der Waals surface area contributed by atoms with Gasteiger partial charge in [-0.3, -0.25) is 0 Å². The van der Waals surface area contributed by atoms with E-state index in [4.69, 9.17) is 0 Å². The maximum atomic E-state index is 2.12. The second-order valence-corrected chi connectivity index (χ2v) is 3.12. The van der Waals surface area contributed by atoms with Crippen LogP contribution in [0.4, 0.5) is 0 Å². The summed E-state index contributed by atoms with van der Waals surface area (Å²) in [5.74, 6) is 0. The molecule has 0 atom stereocenters. The SMILES string of the molecule is [Ti+2].c1cc[cH-]c1.c1ccc2[cH-]ccc2c1. The molecule has 0 aliphatic heterocycles. The van der Waals surface area contributed by atoms with Crippen LogP contribution in [0.1, 0.15) is 0 Å². The monoisotopic (exact) mass is 228 g/mol. The molecule has 0 N–H and O–H groups in total. The Bertz CT molecular complexity index is 415. The summed E-state index contributed by atoms with van der Waals surface area (Å²) in [6, 6.07) is 24.7. The van der Waals surface area contributed by atoms with Gasteiger partial charge < -0.3 is 0 Å². The van der Waals surface area contributed by atoms with E-state index < -0.39 is 0 Å². The van der Waals surface area contributed by atoms with E-state index in [1.54, 1.807) is 0 Å². The van der Waals surface area contributed by atoms with Gasteiger partial charge >= 0.3 is 21.7 Å². The summed E-state index contributed by atoms with van der Waals surface area (Å²) in [6.45, 7) is 0. The molecule has 0 radical (unpaired) electrons. The Morgan fingerprint density at radius 3 is 2.07 bits per heavy atom. The van der Waals surface area contributed by atoms with Crippen molar-refractivity contribution in [2.75, 3.05) is 0 Å². The molecule has 0 saturated carbocycles. The molecule has 0 nitrogen and oxygen atoms in total. The summed E-state index contributed by atoms with van der Waals surface area (Å²) in [5.41, 5.74) is 0. The van der Waals surface area contributed by atoms with E-state index in [0.29, 0.717) is 0 Å². The van der Waals surface area contributed by atoms with Gasteiger partial charge in [-0.15, -0.1) is 29.7 Å². The number of hydrogen-bond donors (Lipinski definition) is 0. The van der Waals surface area contributed by atoms with Gasteiger partial charge in [0.1, 0.15) is 0 Å². The van der Waals surface area contributed by atoms with Crippen molar-refractivity contribution in [3.63, 3.8) is 0 Å². The van der Waals surface area contributed by atoms with E-state index in [1.165, 1.54) is 10.8 Å². The second kappa shape index (κ2) is 6.39. The van der Waals surface area contributed by atoms with Crippen molar-refractivity contribution in [3.8, 4) is 0 Å². The Balaban J connectivity index is 0.000000162. The predicted octanol–water partition coefficient (Wildman–Crippen LogP) is 3.96. The zero-order chi connectivity index (χ0) is 9.64. The predicted molar refractivity (Wildman–Crippen MR) is 61.6 cm³/mol. The molecule has 1 heteroatoms. The molecule has 0 bridgehead atoms. The van der Waals surface area contributed by atoms with Crippen molar-refractivity contribution >= 4 is 10.8 Å². The molecule has 0 spiro atoms. The molecular formula is C14H12Ti. The van der Waals surface area contributed by atoms with Crippen LogP contribution < -0.4 is 0 Å². The molecule has 0 aliphatic rings. The first-order valence-corrected chi connectivity index (χ1v) is 4.74. The zero-order valence-electron chi connectivity index (χ0n) is 8.43. The summed E-state index contributed by atoms with van der Waals surface area (Å²) >= 11 is 0. The average Bonchev–Trinajstić information content (AvgIpc) is 2.92. The minimum Gasteiger partial charge on any atom is -0.214 e. The normalized spacial score (nSPS) is 8.80. The summed E-state index contributed by atoms with van der Waals surface area (Å²) in [4.78, 5) is 0. The topological polar surface area (TPSA) is 0 Å². The zero-order valence-corrected chi connectivity index (χ0v) is 9.99. The van der Waals surface area contributed by atoms with Crippen molar-refractivity contribution in [2.24, 2.45) is 0 Å². The Morgan fingerprint density at radius 2 is 1.47 bits per heavy atom. The van der Waals surface area contributed by atoms with E-state index >= 15 is 0 Å². The Hall–Kier alpha value is -1.11. The first-order valence-electron chi connectivity index (χ1n) is 4.74. The first kappa shape index (κ1) is 12.0. The third-order valence-corrected chi connectivity index (χ3v) is 2.10. The van der Waals surface area contributed by atoms with Gasteiger partial charge in [0, 0.05) is 0 Å². The van der Waals surface area contributed by atoms with Gasteiger partial charge in [-0.1, -0.05) is 6.07 Å². The molecule has 0 fully saturated rings. The van der Waals surface area contributed by atoms with E-state index in [9.17, 15) is 0 Å². The summed E-state index contributed by atoms with van der Waals surface area (Å²) in [7, 11) is 0. The van der Waals surface area contributed by atoms with Crippen LogP contribution in [0.25, 0.3) is 10.8 Å². The van der Waals surface area contributed by atoms with Crippen LogP contribution in [0.2, 0.25) is 0 Å². The van der Waals surface area contributed by atoms with Gasteiger partial charge in [0.05, 0.1) is 0 Å². The largest absolute Gasteiger partial charge is 2.00 e. The van der Waals surface area contributed by atoms with Crippen LogP contribution in [-0.2, 0) is 21.7 Å². The number of benzene rings is 1. The van der Waals surface area contributed by atoms with Gasteiger partial charge in [0.25, 0.3) is 0 Å². The van der Waals surface area contributed by atoms with Gasteiger partial charge in [-0.05, 0) is 0 Å². The van der Waals surface area contributed by atoms with Gasteiger partial charge in [0.15, 0.2) is 0 Å². The Morgan fingerprint density at radius 1 is 0.733 bits per heavy atom. The minimum atomic E-state index is 0. The molecule has 3 aromatic rings. The fourth-order valence-corrected chi connectivity index (χ4v) is 1.39. The van der Waals surface area contributed by atoms with Gasteiger partial charge in [-0.2, -0.15) is 35.7 Å². The van der Waals surface area contributed by atoms with Crippen molar-refractivity contribution < 1.29 is 21.7 Å². The molecule has 0 saturated heterocycles. The Kier molecular flexibility index (Phi) is 5.10. The molecule has 3 rings (SSSR count). The molecule has 3 aromatic carbocycles. The van der Waals surface area contributed by atoms with Crippen molar-refractivity contribution in [1.29, 1.82) is 0 Å².